The summed E-state index contributed by atoms with van der Waals surface area (Å²) in [5.74, 6) is -0.755. The molecule has 0 aromatic carbocycles. The number of likely N-dealkylation sites (tertiary alicyclic amines) is 1. The molecule has 0 aromatic rings. The van der Waals surface area contributed by atoms with E-state index in [0.717, 1.165) is 38.9 Å². The molecule has 0 spiro atoms. The van der Waals surface area contributed by atoms with E-state index >= 15 is 0 Å². The molecule has 2 atom stereocenters. The van der Waals surface area contributed by atoms with Crippen LogP contribution in [0.15, 0.2) is 0 Å². The van der Waals surface area contributed by atoms with Gasteiger partial charge in [0.1, 0.15) is 5.54 Å². The standard InChI is InChI=1S/C16H32N2O3/c1-5-17-16(3,14(19)20)10-6-7-11-18-12-8-9-15(2,13-18)21-4/h17H,5-13H2,1-4H3,(H,19,20). The molecule has 0 amide bonds. The highest BCUT2D eigenvalue weighted by Gasteiger charge is 2.32. The fourth-order valence-electron chi connectivity index (χ4n) is 3.14. The number of unbranched alkanes of at least 4 members (excludes halogenated alkanes) is 1. The predicted octanol–water partition coefficient (Wildman–Crippen LogP) is 2.11. The van der Waals surface area contributed by atoms with Gasteiger partial charge >= 0.3 is 5.97 Å². The van der Waals surface area contributed by atoms with Gasteiger partial charge in [-0.2, -0.15) is 0 Å². The number of aliphatic carboxylic acids is 1. The van der Waals surface area contributed by atoms with Crippen molar-refractivity contribution in [3.8, 4) is 0 Å². The minimum atomic E-state index is -0.794. The van der Waals surface area contributed by atoms with Crippen molar-refractivity contribution in [3.05, 3.63) is 0 Å². The van der Waals surface area contributed by atoms with Crippen molar-refractivity contribution in [2.75, 3.05) is 33.3 Å². The van der Waals surface area contributed by atoms with Gasteiger partial charge in [-0.15, -0.1) is 0 Å². The number of rotatable bonds is 9. The average molecular weight is 300 g/mol. The maximum atomic E-state index is 11.3. The Morgan fingerprint density at radius 1 is 1.48 bits per heavy atom. The summed E-state index contributed by atoms with van der Waals surface area (Å²) < 4.78 is 5.60. The van der Waals surface area contributed by atoms with Crippen LogP contribution < -0.4 is 5.32 Å². The smallest absolute Gasteiger partial charge is 0.323 e. The Kier molecular flexibility index (Phi) is 7.10. The van der Waals surface area contributed by atoms with Crippen LogP contribution in [0.2, 0.25) is 0 Å². The van der Waals surface area contributed by atoms with Gasteiger partial charge in [0.25, 0.3) is 0 Å². The van der Waals surface area contributed by atoms with Crippen molar-refractivity contribution >= 4 is 5.97 Å². The third-order valence-electron chi connectivity index (χ3n) is 4.67. The first-order chi connectivity index (χ1) is 9.85. The molecular formula is C16H32N2O3. The van der Waals surface area contributed by atoms with Crippen molar-refractivity contribution in [2.45, 2.75) is 64.0 Å². The van der Waals surface area contributed by atoms with Gasteiger partial charge in [-0.05, 0) is 65.6 Å². The van der Waals surface area contributed by atoms with Crippen molar-refractivity contribution in [1.29, 1.82) is 0 Å². The molecule has 0 radical (unpaired) electrons. The van der Waals surface area contributed by atoms with Crippen LogP contribution in [0.4, 0.5) is 0 Å². The lowest BCUT2D eigenvalue weighted by Gasteiger charge is -2.39. The molecule has 2 unspecified atom stereocenters. The molecule has 1 rings (SSSR count). The fourth-order valence-corrected chi connectivity index (χ4v) is 3.14. The maximum Gasteiger partial charge on any atom is 0.323 e. The Balaban J connectivity index is 2.31. The van der Waals surface area contributed by atoms with E-state index in [1.54, 1.807) is 14.0 Å². The number of carboxylic acid groups (broad SMARTS) is 1. The number of ether oxygens (including phenoxy) is 1. The quantitative estimate of drug-likeness (QED) is 0.639. The molecule has 1 heterocycles. The number of methoxy groups -OCH3 is 1. The average Bonchev–Trinajstić information content (AvgIpc) is 2.44. The molecule has 21 heavy (non-hydrogen) atoms. The third-order valence-corrected chi connectivity index (χ3v) is 4.67. The lowest BCUT2D eigenvalue weighted by atomic mass is 9.93. The molecule has 5 heteroatoms. The Labute approximate surface area is 129 Å². The zero-order valence-corrected chi connectivity index (χ0v) is 14.1. The lowest BCUT2D eigenvalue weighted by Crippen LogP contribution is -2.49. The molecule has 1 aliphatic heterocycles. The topological polar surface area (TPSA) is 61.8 Å². The maximum absolute atomic E-state index is 11.3. The molecule has 0 aromatic heterocycles. The third kappa shape index (κ3) is 5.57. The van der Waals surface area contributed by atoms with E-state index in [9.17, 15) is 9.90 Å². The second kappa shape index (κ2) is 8.11. The summed E-state index contributed by atoms with van der Waals surface area (Å²) in [5.41, 5.74) is -0.810. The molecule has 2 N–H and O–H groups in total. The van der Waals surface area contributed by atoms with Crippen LogP contribution in [0.25, 0.3) is 0 Å². The van der Waals surface area contributed by atoms with Gasteiger partial charge in [0.05, 0.1) is 5.60 Å². The van der Waals surface area contributed by atoms with Crippen LogP contribution in [0, 0.1) is 0 Å². The van der Waals surface area contributed by atoms with E-state index in [4.69, 9.17) is 4.74 Å². The summed E-state index contributed by atoms with van der Waals surface area (Å²) >= 11 is 0. The zero-order valence-electron chi connectivity index (χ0n) is 14.1. The van der Waals surface area contributed by atoms with Crippen LogP contribution in [-0.2, 0) is 9.53 Å². The van der Waals surface area contributed by atoms with Crippen molar-refractivity contribution in [2.24, 2.45) is 0 Å². The minimum absolute atomic E-state index is 0.0163. The van der Waals surface area contributed by atoms with Gasteiger partial charge in [-0.25, -0.2) is 0 Å². The summed E-state index contributed by atoms with van der Waals surface area (Å²) in [7, 11) is 1.79. The van der Waals surface area contributed by atoms with E-state index in [1.807, 2.05) is 6.92 Å². The molecule has 0 bridgehead atoms. The second-order valence-electron chi connectivity index (χ2n) is 6.66. The first-order valence-corrected chi connectivity index (χ1v) is 8.11. The number of carbonyl (C=O) groups is 1. The highest BCUT2D eigenvalue weighted by molar-refractivity contribution is 5.78. The van der Waals surface area contributed by atoms with Crippen LogP contribution in [0.5, 0.6) is 0 Å². The Morgan fingerprint density at radius 2 is 2.19 bits per heavy atom. The molecule has 0 aliphatic carbocycles. The van der Waals surface area contributed by atoms with E-state index < -0.39 is 11.5 Å². The van der Waals surface area contributed by atoms with E-state index in [0.29, 0.717) is 13.0 Å². The highest BCUT2D eigenvalue weighted by Crippen LogP contribution is 2.24. The summed E-state index contributed by atoms with van der Waals surface area (Å²) in [6.45, 7) is 9.71. The summed E-state index contributed by atoms with van der Waals surface area (Å²) in [6.07, 6.45) is 4.93. The number of carboxylic acids is 1. The number of likely N-dealkylation sites (N-methyl/N-ethyl adjacent to an activating group) is 1. The van der Waals surface area contributed by atoms with Crippen LogP contribution >= 0.6 is 0 Å². The molecule has 5 nitrogen and oxygen atoms in total. The van der Waals surface area contributed by atoms with Crippen molar-refractivity contribution in [1.82, 2.24) is 10.2 Å². The van der Waals surface area contributed by atoms with Gasteiger partial charge in [0, 0.05) is 13.7 Å². The minimum Gasteiger partial charge on any atom is -0.480 e. The first kappa shape index (κ1) is 18.4. The Morgan fingerprint density at radius 3 is 2.76 bits per heavy atom. The van der Waals surface area contributed by atoms with Crippen LogP contribution in [-0.4, -0.2) is 60.4 Å². The number of hydrogen-bond donors (Lipinski definition) is 2. The number of piperidine rings is 1. The Hall–Kier alpha value is -0.650. The van der Waals surface area contributed by atoms with Crippen LogP contribution in [0.1, 0.15) is 52.9 Å². The number of nitrogens with one attached hydrogen (secondary N) is 1. The fraction of sp³-hybridized carbons (Fsp3) is 0.938. The highest BCUT2D eigenvalue weighted by atomic mass is 16.5. The molecule has 1 fully saturated rings. The van der Waals surface area contributed by atoms with E-state index in [-0.39, 0.29) is 5.60 Å². The molecule has 124 valence electrons. The normalized spacial score (nSPS) is 26.5. The number of hydrogen-bond acceptors (Lipinski definition) is 4. The Bertz CT molecular complexity index is 337. The lowest BCUT2D eigenvalue weighted by molar-refractivity contribution is -0.144. The number of nitrogens with zero attached hydrogens (tertiary/aromatic N) is 1. The van der Waals surface area contributed by atoms with Gasteiger partial charge in [-0.3, -0.25) is 4.79 Å². The monoisotopic (exact) mass is 300 g/mol. The molecular weight excluding hydrogens is 268 g/mol. The summed E-state index contributed by atoms with van der Waals surface area (Å²) in [6, 6.07) is 0. The predicted molar refractivity (Wildman–Crippen MR) is 84.7 cm³/mol. The second-order valence-corrected chi connectivity index (χ2v) is 6.66. The van der Waals surface area contributed by atoms with Crippen molar-refractivity contribution < 1.29 is 14.6 Å². The largest absolute Gasteiger partial charge is 0.480 e. The van der Waals surface area contributed by atoms with Crippen LogP contribution in [0.3, 0.4) is 0 Å². The van der Waals surface area contributed by atoms with Gasteiger partial charge in [0.15, 0.2) is 0 Å². The van der Waals surface area contributed by atoms with Gasteiger partial charge in [-0.1, -0.05) is 6.92 Å². The van der Waals surface area contributed by atoms with E-state index in [2.05, 4.69) is 17.1 Å². The molecule has 1 saturated heterocycles. The SMILES string of the molecule is CCNC(C)(CCCCN1CCCC(C)(OC)C1)C(=O)O. The first-order valence-electron chi connectivity index (χ1n) is 8.11. The van der Waals surface area contributed by atoms with E-state index in [1.165, 1.54) is 6.42 Å². The molecule has 0 saturated carbocycles. The summed E-state index contributed by atoms with van der Waals surface area (Å²) in [4.78, 5) is 13.8. The van der Waals surface area contributed by atoms with Gasteiger partial charge in [0.2, 0.25) is 0 Å². The zero-order chi connectivity index (χ0) is 15.9. The van der Waals surface area contributed by atoms with Gasteiger partial charge < -0.3 is 20.1 Å². The summed E-state index contributed by atoms with van der Waals surface area (Å²) in [5, 5.41) is 12.4. The van der Waals surface area contributed by atoms with Crippen molar-refractivity contribution in [3.63, 3.8) is 0 Å². The molecule has 1 aliphatic rings.